The van der Waals surface area contributed by atoms with Crippen molar-refractivity contribution in [2.45, 2.75) is 58.0 Å². The van der Waals surface area contributed by atoms with Gasteiger partial charge in [0, 0.05) is 5.54 Å². The van der Waals surface area contributed by atoms with Gasteiger partial charge in [0.1, 0.15) is 6.04 Å². The molecule has 0 unspecified atom stereocenters. The smallest absolute Gasteiger partial charge is 0.326 e. The molecule has 0 saturated heterocycles. The Morgan fingerprint density at radius 2 is 1.94 bits per heavy atom. The molecule has 0 aliphatic heterocycles. The largest absolute Gasteiger partial charge is 0.480 e. The minimum Gasteiger partial charge on any atom is -0.480 e. The molecule has 0 radical (unpaired) electrons. The maximum absolute atomic E-state index is 11.7. The first kappa shape index (κ1) is 13.8. The van der Waals surface area contributed by atoms with E-state index in [1.54, 1.807) is 13.8 Å². The van der Waals surface area contributed by atoms with Crippen LogP contribution in [-0.2, 0) is 4.79 Å². The summed E-state index contributed by atoms with van der Waals surface area (Å²) >= 11 is 0. The number of carboxylic acid groups (broad SMARTS) is 1. The minimum absolute atomic E-state index is 0.107. The lowest BCUT2D eigenvalue weighted by molar-refractivity contribution is -0.140. The fourth-order valence-corrected chi connectivity index (χ4v) is 2.10. The molecule has 0 aromatic rings. The van der Waals surface area contributed by atoms with Crippen molar-refractivity contribution in [3.8, 4) is 0 Å². The summed E-state index contributed by atoms with van der Waals surface area (Å²) in [6, 6.07) is -1.20. The van der Waals surface area contributed by atoms with E-state index in [1.165, 1.54) is 0 Å². The number of aliphatic carboxylic acids is 1. The summed E-state index contributed by atoms with van der Waals surface area (Å²) in [5, 5.41) is 14.4. The molecular formula is C12H22N2O3. The molecule has 1 atom stereocenters. The highest BCUT2D eigenvalue weighted by atomic mass is 16.4. The van der Waals surface area contributed by atoms with Gasteiger partial charge in [0.15, 0.2) is 0 Å². The summed E-state index contributed by atoms with van der Waals surface area (Å²) in [6.45, 7) is 5.59. The molecule has 1 saturated carbocycles. The van der Waals surface area contributed by atoms with Gasteiger partial charge in [-0.15, -0.1) is 0 Å². The lowest BCUT2D eigenvalue weighted by Gasteiger charge is -2.42. The molecule has 0 aromatic carbocycles. The molecule has 0 aromatic heterocycles. The van der Waals surface area contributed by atoms with Gasteiger partial charge in [-0.2, -0.15) is 0 Å². The Labute approximate surface area is 102 Å². The van der Waals surface area contributed by atoms with Gasteiger partial charge in [-0.1, -0.05) is 20.8 Å². The van der Waals surface area contributed by atoms with E-state index in [1.807, 2.05) is 6.92 Å². The molecule has 0 heterocycles. The topological polar surface area (TPSA) is 78.4 Å². The lowest BCUT2D eigenvalue weighted by atomic mass is 9.75. The fourth-order valence-electron chi connectivity index (χ4n) is 2.10. The van der Waals surface area contributed by atoms with Gasteiger partial charge in [0.05, 0.1) is 0 Å². The molecule has 1 fully saturated rings. The van der Waals surface area contributed by atoms with Crippen LogP contribution in [0.15, 0.2) is 0 Å². The van der Waals surface area contributed by atoms with Crippen LogP contribution in [0.2, 0.25) is 0 Å². The molecule has 98 valence electrons. The monoisotopic (exact) mass is 242 g/mol. The van der Waals surface area contributed by atoms with Crippen molar-refractivity contribution in [1.82, 2.24) is 10.6 Å². The van der Waals surface area contributed by atoms with Crippen LogP contribution < -0.4 is 10.6 Å². The average Bonchev–Trinajstić information content (AvgIpc) is 2.19. The summed E-state index contributed by atoms with van der Waals surface area (Å²) in [5.41, 5.74) is -0.107. The number of hydrogen-bond donors (Lipinski definition) is 3. The molecule has 0 spiro atoms. The highest BCUT2D eigenvalue weighted by molar-refractivity contribution is 5.83. The van der Waals surface area contributed by atoms with Crippen LogP contribution in [0, 0.1) is 5.92 Å². The standard InChI is InChI=1S/C12H22N2O3/c1-4-12(6-5-7-12)14-11(17)13-9(8(2)3)10(15)16/h8-9H,4-7H2,1-3H3,(H,15,16)(H2,13,14,17)/t9-/m1/s1. The van der Waals surface area contributed by atoms with Crippen LogP contribution in [0.5, 0.6) is 0 Å². The van der Waals surface area contributed by atoms with Crippen LogP contribution in [0.4, 0.5) is 4.79 Å². The summed E-state index contributed by atoms with van der Waals surface area (Å²) in [5.74, 6) is -1.12. The molecular weight excluding hydrogens is 220 g/mol. The molecule has 2 amide bonds. The first-order chi connectivity index (χ1) is 7.90. The summed E-state index contributed by atoms with van der Waals surface area (Å²) in [7, 11) is 0. The number of amides is 2. The van der Waals surface area contributed by atoms with E-state index in [9.17, 15) is 9.59 Å². The third-order valence-corrected chi connectivity index (χ3v) is 3.59. The van der Waals surface area contributed by atoms with Crippen molar-refractivity contribution in [1.29, 1.82) is 0 Å². The summed E-state index contributed by atoms with van der Waals surface area (Å²) in [6.07, 6.45) is 3.98. The van der Waals surface area contributed by atoms with E-state index in [4.69, 9.17) is 5.11 Å². The molecule has 1 aliphatic rings. The Bertz CT molecular complexity index is 293. The van der Waals surface area contributed by atoms with Crippen molar-refractivity contribution in [2.24, 2.45) is 5.92 Å². The van der Waals surface area contributed by atoms with Crippen LogP contribution >= 0.6 is 0 Å². The average molecular weight is 242 g/mol. The van der Waals surface area contributed by atoms with E-state index in [0.29, 0.717) is 0 Å². The molecule has 5 nitrogen and oxygen atoms in total. The number of nitrogens with one attached hydrogen (secondary N) is 2. The number of carbonyl (C=O) groups excluding carboxylic acids is 1. The second kappa shape index (κ2) is 5.38. The zero-order valence-electron chi connectivity index (χ0n) is 10.7. The Morgan fingerprint density at radius 3 is 2.24 bits per heavy atom. The second-order valence-electron chi connectivity index (χ2n) is 5.15. The number of carbonyl (C=O) groups is 2. The SMILES string of the molecule is CCC1(NC(=O)N[C@@H](C(=O)O)C(C)C)CCC1. The van der Waals surface area contributed by atoms with Crippen LogP contribution in [0.3, 0.4) is 0 Å². The minimum atomic E-state index is -0.991. The van der Waals surface area contributed by atoms with Gasteiger partial charge in [0.2, 0.25) is 0 Å². The van der Waals surface area contributed by atoms with Crippen LogP contribution in [-0.4, -0.2) is 28.7 Å². The maximum atomic E-state index is 11.7. The highest BCUT2D eigenvalue weighted by Gasteiger charge is 2.37. The number of carboxylic acids is 1. The first-order valence-corrected chi connectivity index (χ1v) is 6.22. The van der Waals surface area contributed by atoms with E-state index >= 15 is 0 Å². The second-order valence-corrected chi connectivity index (χ2v) is 5.15. The van der Waals surface area contributed by atoms with Gasteiger partial charge < -0.3 is 15.7 Å². The molecule has 3 N–H and O–H groups in total. The van der Waals surface area contributed by atoms with E-state index < -0.39 is 12.0 Å². The maximum Gasteiger partial charge on any atom is 0.326 e. The fraction of sp³-hybridized carbons (Fsp3) is 0.833. The van der Waals surface area contributed by atoms with Crippen molar-refractivity contribution in [3.63, 3.8) is 0 Å². The zero-order valence-corrected chi connectivity index (χ0v) is 10.7. The van der Waals surface area contributed by atoms with Crippen molar-refractivity contribution in [3.05, 3.63) is 0 Å². The third-order valence-electron chi connectivity index (χ3n) is 3.59. The normalized spacial score (nSPS) is 19.3. The summed E-state index contributed by atoms with van der Waals surface area (Å²) < 4.78 is 0. The zero-order chi connectivity index (χ0) is 13.1. The predicted octanol–water partition coefficient (Wildman–Crippen LogP) is 1.73. The van der Waals surface area contributed by atoms with Gasteiger partial charge in [-0.3, -0.25) is 0 Å². The van der Waals surface area contributed by atoms with Crippen LogP contribution in [0.1, 0.15) is 46.5 Å². The third kappa shape index (κ3) is 3.35. The van der Waals surface area contributed by atoms with Gasteiger partial charge in [-0.25, -0.2) is 9.59 Å². The number of hydrogen-bond acceptors (Lipinski definition) is 2. The lowest BCUT2D eigenvalue weighted by Crippen LogP contribution is -2.58. The van der Waals surface area contributed by atoms with E-state index in [0.717, 1.165) is 25.7 Å². The highest BCUT2D eigenvalue weighted by Crippen LogP contribution is 2.34. The molecule has 1 aliphatic carbocycles. The van der Waals surface area contributed by atoms with Crippen molar-refractivity contribution in [2.75, 3.05) is 0 Å². The molecule has 17 heavy (non-hydrogen) atoms. The Kier molecular flexibility index (Phi) is 4.37. The Morgan fingerprint density at radius 1 is 1.35 bits per heavy atom. The molecule has 0 bridgehead atoms. The Hall–Kier alpha value is -1.26. The molecule has 5 heteroatoms. The van der Waals surface area contributed by atoms with Crippen molar-refractivity contribution >= 4 is 12.0 Å². The first-order valence-electron chi connectivity index (χ1n) is 6.22. The van der Waals surface area contributed by atoms with Gasteiger partial charge in [-0.05, 0) is 31.6 Å². The van der Waals surface area contributed by atoms with E-state index in [2.05, 4.69) is 10.6 Å². The number of urea groups is 1. The van der Waals surface area contributed by atoms with Crippen LogP contribution in [0.25, 0.3) is 0 Å². The summed E-state index contributed by atoms with van der Waals surface area (Å²) in [4.78, 5) is 22.7. The van der Waals surface area contributed by atoms with E-state index in [-0.39, 0.29) is 17.5 Å². The number of rotatable bonds is 5. The van der Waals surface area contributed by atoms with Crippen molar-refractivity contribution < 1.29 is 14.7 Å². The van der Waals surface area contributed by atoms with Gasteiger partial charge >= 0.3 is 12.0 Å². The quantitative estimate of drug-likeness (QED) is 0.687. The Balaban J connectivity index is 2.50. The van der Waals surface area contributed by atoms with Gasteiger partial charge in [0.25, 0.3) is 0 Å². The predicted molar refractivity (Wildman–Crippen MR) is 64.8 cm³/mol. The molecule has 1 rings (SSSR count).